The fourth-order valence-electron chi connectivity index (χ4n) is 1.99. The van der Waals surface area contributed by atoms with Crippen molar-refractivity contribution in [3.05, 3.63) is 41.8 Å². The first-order valence-electron chi connectivity index (χ1n) is 5.81. The zero-order chi connectivity index (χ0) is 13.2. The lowest BCUT2D eigenvalue weighted by Crippen LogP contribution is -1.86. The number of hydrogen-bond donors (Lipinski definition) is 2. The number of anilines is 1. The van der Waals surface area contributed by atoms with Gasteiger partial charge in [0, 0.05) is 15.3 Å². The fraction of sp³-hybridized carbons (Fsp3) is 0.0714. The standard InChI is InChI=1S/C14H13N3S2/c1-18-10-6-4-9(5-7-10)13-12(14(15)17-16-13)11-3-2-8-19-11/h2-8H,1H3,(H3,15,16,17). The SMILES string of the molecule is CSc1ccc(-c2[nH]nc(N)c2-c2cccs2)cc1. The average Bonchev–Trinajstić information content (AvgIpc) is 3.08. The highest BCUT2D eigenvalue weighted by atomic mass is 32.2. The number of benzene rings is 1. The van der Waals surface area contributed by atoms with E-state index in [9.17, 15) is 0 Å². The predicted octanol–water partition coefficient (Wildman–Crippen LogP) is 4.11. The normalized spacial score (nSPS) is 10.8. The van der Waals surface area contributed by atoms with E-state index >= 15 is 0 Å². The van der Waals surface area contributed by atoms with Crippen LogP contribution in [-0.2, 0) is 0 Å². The highest BCUT2D eigenvalue weighted by molar-refractivity contribution is 7.98. The number of aromatic amines is 1. The second kappa shape index (κ2) is 5.11. The van der Waals surface area contributed by atoms with Crippen molar-refractivity contribution in [2.24, 2.45) is 0 Å². The number of hydrogen-bond acceptors (Lipinski definition) is 4. The molecule has 96 valence electrons. The van der Waals surface area contributed by atoms with E-state index in [2.05, 4.69) is 46.8 Å². The van der Waals surface area contributed by atoms with E-state index < -0.39 is 0 Å². The second-order valence-corrected chi connectivity index (χ2v) is 5.89. The van der Waals surface area contributed by atoms with Crippen molar-refractivity contribution in [2.75, 3.05) is 12.0 Å². The van der Waals surface area contributed by atoms with Gasteiger partial charge in [-0.1, -0.05) is 18.2 Å². The second-order valence-electron chi connectivity index (χ2n) is 4.06. The number of nitrogens with one attached hydrogen (secondary N) is 1. The minimum Gasteiger partial charge on any atom is -0.382 e. The summed E-state index contributed by atoms with van der Waals surface area (Å²) in [6, 6.07) is 12.5. The summed E-state index contributed by atoms with van der Waals surface area (Å²) in [5.74, 6) is 0.548. The van der Waals surface area contributed by atoms with Crippen LogP contribution in [0.1, 0.15) is 0 Å². The van der Waals surface area contributed by atoms with Crippen LogP contribution in [0, 0.1) is 0 Å². The summed E-state index contributed by atoms with van der Waals surface area (Å²) in [5.41, 5.74) is 9.06. The molecule has 2 aromatic heterocycles. The lowest BCUT2D eigenvalue weighted by Gasteiger charge is -2.03. The van der Waals surface area contributed by atoms with Crippen LogP contribution in [-0.4, -0.2) is 16.5 Å². The molecule has 3 nitrogen and oxygen atoms in total. The minimum absolute atomic E-state index is 0.548. The largest absolute Gasteiger partial charge is 0.382 e. The van der Waals surface area contributed by atoms with Gasteiger partial charge in [-0.2, -0.15) is 5.10 Å². The van der Waals surface area contributed by atoms with Crippen LogP contribution < -0.4 is 5.73 Å². The number of nitrogens with two attached hydrogens (primary N) is 1. The van der Waals surface area contributed by atoms with Gasteiger partial charge in [0.2, 0.25) is 0 Å². The van der Waals surface area contributed by atoms with E-state index in [-0.39, 0.29) is 0 Å². The van der Waals surface area contributed by atoms with Crippen LogP contribution in [0.3, 0.4) is 0 Å². The maximum atomic E-state index is 5.99. The lowest BCUT2D eigenvalue weighted by atomic mass is 10.1. The first-order valence-corrected chi connectivity index (χ1v) is 7.92. The summed E-state index contributed by atoms with van der Waals surface area (Å²) in [6.07, 6.45) is 2.07. The van der Waals surface area contributed by atoms with Crippen molar-refractivity contribution in [1.29, 1.82) is 0 Å². The van der Waals surface area contributed by atoms with Gasteiger partial charge in [-0.15, -0.1) is 23.1 Å². The molecule has 3 aromatic rings. The number of rotatable bonds is 3. The molecule has 0 fully saturated rings. The van der Waals surface area contributed by atoms with Crippen LogP contribution in [0.5, 0.6) is 0 Å². The van der Waals surface area contributed by atoms with Gasteiger partial charge in [-0.25, -0.2) is 0 Å². The molecule has 0 bridgehead atoms. The summed E-state index contributed by atoms with van der Waals surface area (Å²) in [6.45, 7) is 0. The lowest BCUT2D eigenvalue weighted by molar-refractivity contribution is 1.10. The molecule has 2 heterocycles. The molecule has 3 N–H and O–H groups in total. The van der Waals surface area contributed by atoms with E-state index in [1.54, 1.807) is 23.1 Å². The maximum absolute atomic E-state index is 5.99. The molecule has 0 saturated heterocycles. The van der Waals surface area contributed by atoms with E-state index in [1.165, 1.54) is 4.90 Å². The molecule has 0 aliphatic carbocycles. The molecular formula is C14H13N3S2. The molecule has 0 radical (unpaired) electrons. The zero-order valence-corrected chi connectivity index (χ0v) is 12.0. The van der Waals surface area contributed by atoms with Gasteiger partial charge in [-0.3, -0.25) is 5.10 Å². The molecule has 0 spiro atoms. The van der Waals surface area contributed by atoms with E-state index in [1.807, 2.05) is 11.4 Å². The first-order chi connectivity index (χ1) is 9.29. The molecule has 0 aliphatic rings. The Hall–Kier alpha value is -1.72. The molecule has 19 heavy (non-hydrogen) atoms. The molecule has 1 aromatic carbocycles. The van der Waals surface area contributed by atoms with Gasteiger partial charge in [-0.05, 0) is 29.8 Å². The smallest absolute Gasteiger partial charge is 0.154 e. The van der Waals surface area contributed by atoms with E-state index in [0.717, 1.165) is 21.7 Å². The monoisotopic (exact) mass is 287 g/mol. The number of aromatic nitrogens is 2. The van der Waals surface area contributed by atoms with Crippen molar-refractivity contribution in [3.63, 3.8) is 0 Å². The Bertz CT molecular complexity index is 669. The Labute approximate surface area is 119 Å². The summed E-state index contributed by atoms with van der Waals surface area (Å²) in [7, 11) is 0. The Morgan fingerprint density at radius 2 is 2.00 bits per heavy atom. The Morgan fingerprint density at radius 1 is 1.21 bits per heavy atom. The van der Waals surface area contributed by atoms with Crippen molar-refractivity contribution in [1.82, 2.24) is 10.2 Å². The molecule has 0 unspecified atom stereocenters. The third-order valence-electron chi connectivity index (χ3n) is 2.94. The molecule has 0 aliphatic heterocycles. The zero-order valence-electron chi connectivity index (χ0n) is 10.4. The predicted molar refractivity (Wildman–Crippen MR) is 83.5 cm³/mol. The van der Waals surface area contributed by atoms with Crippen molar-refractivity contribution >= 4 is 28.9 Å². The number of nitrogen functional groups attached to an aromatic ring is 1. The molecule has 3 rings (SSSR count). The van der Waals surface area contributed by atoms with Crippen molar-refractivity contribution in [3.8, 4) is 21.7 Å². The van der Waals surface area contributed by atoms with Gasteiger partial charge in [0.25, 0.3) is 0 Å². The molecular weight excluding hydrogens is 274 g/mol. The topological polar surface area (TPSA) is 54.7 Å². The summed E-state index contributed by atoms with van der Waals surface area (Å²) in [4.78, 5) is 2.38. The van der Waals surface area contributed by atoms with Crippen LogP contribution in [0.2, 0.25) is 0 Å². The fourth-order valence-corrected chi connectivity index (χ4v) is 3.19. The van der Waals surface area contributed by atoms with Crippen LogP contribution in [0.25, 0.3) is 21.7 Å². The van der Waals surface area contributed by atoms with E-state index in [0.29, 0.717) is 5.82 Å². The number of thioether (sulfide) groups is 1. The molecule has 0 saturated carbocycles. The third-order valence-corrected chi connectivity index (χ3v) is 4.57. The summed E-state index contributed by atoms with van der Waals surface area (Å²) >= 11 is 3.40. The van der Waals surface area contributed by atoms with Gasteiger partial charge < -0.3 is 5.73 Å². The Balaban J connectivity index is 2.10. The van der Waals surface area contributed by atoms with Crippen molar-refractivity contribution in [2.45, 2.75) is 4.90 Å². The summed E-state index contributed by atoms with van der Waals surface area (Å²) in [5, 5.41) is 9.23. The minimum atomic E-state index is 0.548. The van der Waals surface area contributed by atoms with Gasteiger partial charge in [0.15, 0.2) is 5.82 Å². The van der Waals surface area contributed by atoms with Gasteiger partial charge in [0.05, 0.1) is 11.3 Å². The van der Waals surface area contributed by atoms with Crippen molar-refractivity contribution < 1.29 is 0 Å². The average molecular weight is 287 g/mol. The van der Waals surface area contributed by atoms with Crippen LogP contribution in [0.15, 0.2) is 46.7 Å². The Morgan fingerprint density at radius 3 is 2.63 bits per heavy atom. The summed E-state index contributed by atoms with van der Waals surface area (Å²) < 4.78 is 0. The van der Waals surface area contributed by atoms with Gasteiger partial charge in [0.1, 0.15) is 0 Å². The molecule has 5 heteroatoms. The highest BCUT2D eigenvalue weighted by Crippen LogP contribution is 2.37. The molecule has 0 amide bonds. The molecule has 0 atom stereocenters. The van der Waals surface area contributed by atoms with Gasteiger partial charge >= 0.3 is 0 Å². The first kappa shape index (κ1) is 12.3. The Kier molecular flexibility index (Phi) is 3.31. The third kappa shape index (κ3) is 2.27. The van der Waals surface area contributed by atoms with E-state index in [4.69, 9.17) is 5.73 Å². The number of thiophene rings is 1. The van der Waals surface area contributed by atoms with Crippen LogP contribution >= 0.6 is 23.1 Å². The number of nitrogens with zero attached hydrogens (tertiary/aromatic N) is 1. The maximum Gasteiger partial charge on any atom is 0.154 e. The quantitative estimate of drug-likeness (QED) is 0.713. The number of H-pyrrole nitrogens is 1. The van der Waals surface area contributed by atoms with Crippen LogP contribution in [0.4, 0.5) is 5.82 Å². The highest BCUT2D eigenvalue weighted by Gasteiger charge is 2.15.